The van der Waals surface area contributed by atoms with E-state index in [1.165, 1.54) is 0 Å². The summed E-state index contributed by atoms with van der Waals surface area (Å²) in [5.74, 6) is 0.538. The topological polar surface area (TPSA) is 44.1 Å². The monoisotopic (exact) mass is 196 g/mol. The van der Waals surface area contributed by atoms with Crippen molar-refractivity contribution in [1.29, 1.82) is 5.26 Å². The van der Waals surface area contributed by atoms with Crippen molar-refractivity contribution in [3.05, 3.63) is 0 Å². The first-order chi connectivity index (χ1) is 6.49. The number of hydrogen-bond donors (Lipinski definition) is 0. The Kier molecular flexibility index (Phi) is 5.94. The first-order valence-corrected chi connectivity index (χ1v) is 5.15. The van der Waals surface area contributed by atoms with Crippen LogP contribution in [0.3, 0.4) is 0 Å². The average Bonchev–Trinajstić information content (AvgIpc) is 2.02. The number of amides is 1. The Balaban J connectivity index is 4.20. The molecule has 0 aromatic heterocycles. The number of nitriles is 1. The van der Waals surface area contributed by atoms with Crippen LogP contribution in [0.15, 0.2) is 0 Å². The third-order valence-electron chi connectivity index (χ3n) is 1.99. The Morgan fingerprint density at radius 2 is 1.93 bits per heavy atom. The van der Waals surface area contributed by atoms with Gasteiger partial charge in [-0.15, -0.1) is 0 Å². The molecule has 0 aromatic rings. The zero-order valence-electron chi connectivity index (χ0n) is 9.58. The molecule has 0 rings (SSSR count). The van der Waals surface area contributed by atoms with Gasteiger partial charge in [0.25, 0.3) is 0 Å². The summed E-state index contributed by atoms with van der Waals surface area (Å²) in [5, 5.41) is 8.47. The van der Waals surface area contributed by atoms with Crippen molar-refractivity contribution in [2.75, 3.05) is 6.54 Å². The van der Waals surface area contributed by atoms with Gasteiger partial charge in [0, 0.05) is 19.0 Å². The van der Waals surface area contributed by atoms with E-state index in [0.29, 0.717) is 25.3 Å². The molecule has 0 heterocycles. The highest BCUT2D eigenvalue weighted by molar-refractivity contribution is 5.76. The zero-order chi connectivity index (χ0) is 11.1. The predicted molar refractivity (Wildman–Crippen MR) is 56.5 cm³/mol. The van der Waals surface area contributed by atoms with Crippen molar-refractivity contribution in [1.82, 2.24) is 4.90 Å². The lowest BCUT2D eigenvalue weighted by Crippen LogP contribution is -2.38. The molecule has 0 aliphatic rings. The number of carbonyl (C=O) groups excluding carboxylic acids is 1. The smallest absolute Gasteiger partial charge is 0.223 e. The van der Waals surface area contributed by atoms with E-state index in [0.717, 1.165) is 0 Å². The van der Waals surface area contributed by atoms with Crippen molar-refractivity contribution in [2.24, 2.45) is 5.92 Å². The molecule has 0 bridgehead atoms. The summed E-state index contributed by atoms with van der Waals surface area (Å²) in [4.78, 5) is 13.5. The Morgan fingerprint density at radius 3 is 2.29 bits per heavy atom. The average molecular weight is 196 g/mol. The molecule has 0 saturated carbocycles. The van der Waals surface area contributed by atoms with Gasteiger partial charge < -0.3 is 4.90 Å². The molecular weight excluding hydrogens is 176 g/mol. The van der Waals surface area contributed by atoms with Gasteiger partial charge in [-0.3, -0.25) is 4.79 Å². The van der Waals surface area contributed by atoms with Gasteiger partial charge in [0.1, 0.15) is 0 Å². The summed E-state index contributed by atoms with van der Waals surface area (Å²) in [6.07, 6.45) is 0.992. The second-order valence-electron chi connectivity index (χ2n) is 4.19. The van der Waals surface area contributed by atoms with Crippen LogP contribution >= 0.6 is 0 Å². The molecule has 0 aliphatic carbocycles. The highest BCUT2D eigenvalue weighted by atomic mass is 16.2. The first-order valence-electron chi connectivity index (χ1n) is 5.15. The minimum atomic E-state index is 0.158. The van der Waals surface area contributed by atoms with E-state index < -0.39 is 0 Å². The SMILES string of the molecule is CC(C)CC(=O)N(CCC#N)C(C)C. The third-order valence-corrected chi connectivity index (χ3v) is 1.99. The highest BCUT2D eigenvalue weighted by Gasteiger charge is 2.16. The van der Waals surface area contributed by atoms with E-state index in [-0.39, 0.29) is 11.9 Å². The van der Waals surface area contributed by atoms with Gasteiger partial charge in [-0.2, -0.15) is 5.26 Å². The van der Waals surface area contributed by atoms with Crippen LogP contribution in [0.1, 0.15) is 40.5 Å². The van der Waals surface area contributed by atoms with Gasteiger partial charge in [-0.25, -0.2) is 0 Å². The molecule has 1 amide bonds. The maximum atomic E-state index is 11.7. The summed E-state index contributed by atoms with van der Waals surface area (Å²) in [6, 6.07) is 2.26. The second kappa shape index (κ2) is 6.42. The van der Waals surface area contributed by atoms with Gasteiger partial charge in [-0.1, -0.05) is 13.8 Å². The van der Waals surface area contributed by atoms with E-state index in [2.05, 4.69) is 6.07 Å². The molecule has 0 aromatic carbocycles. The molecule has 14 heavy (non-hydrogen) atoms. The molecule has 0 N–H and O–H groups in total. The van der Waals surface area contributed by atoms with Gasteiger partial charge >= 0.3 is 0 Å². The van der Waals surface area contributed by atoms with E-state index in [1.54, 1.807) is 4.90 Å². The molecule has 0 radical (unpaired) electrons. The molecule has 0 unspecified atom stereocenters. The van der Waals surface area contributed by atoms with Crippen LogP contribution in [-0.2, 0) is 4.79 Å². The summed E-state index contributed by atoms with van der Waals surface area (Å²) in [5.41, 5.74) is 0. The molecule has 0 atom stereocenters. The van der Waals surface area contributed by atoms with Gasteiger partial charge in [0.05, 0.1) is 12.5 Å². The molecule has 3 heteroatoms. The van der Waals surface area contributed by atoms with Gasteiger partial charge in [0.15, 0.2) is 0 Å². The molecule has 0 spiro atoms. The van der Waals surface area contributed by atoms with E-state index in [1.807, 2.05) is 27.7 Å². The van der Waals surface area contributed by atoms with E-state index in [9.17, 15) is 4.79 Å². The molecular formula is C11H20N2O. The number of nitrogens with zero attached hydrogens (tertiary/aromatic N) is 2. The van der Waals surface area contributed by atoms with Crippen LogP contribution < -0.4 is 0 Å². The Labute approximate surface area is 86.7 Å². The standard InChI is InChI=1S/C11H20N2O/c1-9(2)8-11(14)13(10(3)4)7-5-6-12/h9-10H,5,7-8H2,1-4H3. The van der Waals surface area contributed by atoms with Crippen molar-refractivity contribution < 1.29 is 4.79 Å². The van der Waals surface area contributed by atoms with Crippen molar-refractivity contribution in [3.8, 4) is 6.07 Å². The summed E-state index contributed by atoms with van der Waals surface area (Å²) in [7, 11) is 0. The third kappa shape index (κ3) is 4.86. The number of carbonyl (C=O) groups is 1. The lowest BCUT2D eigenvalue weighted by atomic mass is 10.1. The lowest BCUT2D eigenvalue weighted by molar-refractivity contribution is -0.133. The van der Waals surface area contributed by atoms with E-state index >= 15 is 0 Å². The Hall–Kier alpha value is -1.04. The fraction of sp³-hybridized carbons (Fsp3) is 0.818. The largest absolute Gasteiger partial charge is 0.339 e. The Morgan fingerprint density at radius 1 is 1.36 bits per heavy atom. The molecule has 0 fully saturated rings. The first kappa shape index (κ1) is 13.0. The minimum Gasteiger partial charge on any atom is -0.339 e. The summed E-state index contributed by atoms with van der Waals surface area (Å²) in [6.45, 7) is 8.58. The fourth-order valence-electron chi connectivity index (χ4n) is 1.31. The summed E-state index contributed by atoms with van der Waals surface area (Å²) >= 11 is 0. The fourth-order valence-corrected chi connectivity index (χ4v) is 1.31. The molecule has 0 aliphatic heterocycles. The maximum absolute atomic E-state index is 11.7. The van der Waals surface area contributed by atoms with Crippen molar-refractivity contribution in [2.45, 2.75) is 46.6 Å². The number of hydrogen-bond acceptors (Lipinski definition) is 2. The normalized spacial score (nSPS) is 10.4. The van der Waals surface area contributed by atoms with Crippen LogP contribution in [0.25, 0.3) is 0 Å². The van der Waals surface area contributed by atoms with Crippen molar-refractivity contribution >= 4 is 5.91 Å². The van der Waals surface area contributed by atoms with Crippen LogP contribution in [0, 0.1) is 17.2 Å². The quantitative estimate of drug-likeness (QED) is 0.676. The number of rotatable bonds is 5. The molecule has 0 saturated heterocycles. The van der Waals surface area contributed by atoms with E-state index in [4.69, 9.17) is 5.26 Å². The predicted octanol–water partition coefficient (Wildman–Crippen LogP) is 2.18. The van der Waals surface area contributed by atoms with Crippen LogP contribution in [0.4, 0.5) is 0 Å². The van der Waals surface area contributed by atoms with Gasteiger partial charge in [-0.05, 0) is 19.8 Å². The Bertz CT molecular complexity index is 216. The van der Waals surface area contributed by atoms with Gasteiger partial charge in [0.2, 0.25) is 5.91 Å². The van der Waals surface area contributed by atoms with Crippen LogP contribution in [0.2, 0.25) is 0 Å². The highest BCUT2D eigenvalue weighted by Crippen LogP contribution is 2.08. The van der Waals surface area contributed by atoms with Crippen LogP contribution in [0.5, 0.6) is 0 Å². The maximum Gasteiger partial charge on any atom is 0.223 e. The molecule has 80 valence electrons. The zero-order valence-corrected chi connectivity index (χ0v) is 9.58. The van der Waals surface area contributed by atoms with Crippen molar-refractivity contribution in [3.63, 3.8) is 0 Å². The minimum absolute atomic E-state index is 0.158. The molecule has 3 nitrogen and oxygen atoms in total. The van der Waals surface area contributed by atoms with Crippen LogP contribution in [-0.4, -0.2) is 23.4 Å². The summed E-state index contributed by atoms with van der Waals surface area (Å²) < 4.78 is 0. The lowest BCUT2D eigenvalue weighted by Gasteiger charge is -2.26. The second-order valence-corrected chi connectivity index (χ2v) is 4.19.